The summed E-state index contributed by atoms with van der Waals surface area (Å²) in [5, 5.41) is 0. The van der Waals surface area contributed by atoms with Crippen LogP contribution in [-0.4, -0.2) is 49.8 Å². The fourth-order valence-corrected chi connectivity index (χ4v) is 1.61. The zero-order chi connectivity index (χ0) is 12.9. The van der Waals surface area contributed by atoms with Gasteiger partial charge in [0, 0.05) is 34.1 Å². The van der Waals surface area contributed by atoms with Crippen LogP contribution in [0.2, 0.25) is 0 Å². The smallest absolute Gasteiger partial charge is 0.229 e. The Bertz CT molecular complexity index is 249. The van der Waals surface area contributed by atoms with Gasteiger partial charge in [-0.05, 0) is 19.8 Å². The summed E-state index contributed by atoms with van der Waals surface area (Å²) < 4.78 is 0. The maximum absolute atomic E-state index is 11.8. The van der Waals surface area contributed by atoms with E-state index in [-0.39, 0.29) is 17.7 Å². The van der Waals surface area contributed by atoms with Crippen molar-refractivity contribution < 1.29 is 9.59 Å². The Kier molecular flexibility index (Phi) is 6.08. The molecule has 0 N–H and O–H groups in total. The van der Waals surface area contributed by atoms with Gasteiger partial charge in [0.2, 0.25) is 11.8 Å². The molecule has 0 heterocycles. The molecule has 93 valence electrons. The Labute approximate surface area is 98.6 Å². The third-order valence-electron chi connectivity index (χ3n) is 2.61. The third kappa shape index (κ3) is 4.21. The number of rotatable bonds is 5. The molecule has 0 saturated carbocycles. The van der Waals surface area contributed by atoms with Crippen molar-refractivity contribution in [1.82, 2.24) is 9.80 Å². The molecule has 0 rings (SSSR count). The highest BCUT2D eigenvalue weighted by molar-refractivity contribution is 5.90. The number of nitrogens with zero attached hydrogens (tertiary/aromatic N) is 2. The van der Waals surface area contributed by atoms with E-state index < -0.39 is 0 Å². The summed E-state index contributed by atoms with van der Waals surface area (Å²) in [6, 6.07) is 0. The van der Waals surface area contributed by atoms with Gasteiger partial charge in [-0.3, -0.25) is 9.59 Å². The fourth-order valence-electron chi connectivity index (χ4n) is 1.61. The van der Waals surface area contributed by atoms with E-state index in [1.54, 1.807) is 44.9 Å². The first-order valence-electron chi connectivity index (χ1n) is 5.56. The first-order valence-corrected chi connectivity index (χ1v) is 5.56. The van der Waals surface area contributed by atoms with Crippen molar-refractivity contribution in [3.05, 3.63) is 5.92 Å². The molecule has 0 saturated heterocycles. The zero-order valence-corrected chi connectivity index (χ0v) is 11.2. The van der Waals surface area contributed by atoms with Gasteiger partial charge < -0.3 is 9.80 Å². The van der Waals surface area contributed by atoms with Crippen molar-refractivity contribution in [3.63, 3.8) is 0 Å². The minimum atomic E-state index is -0.0844. The van der Waals surface area contributed by atoms with Crippen molar-refractivity contribution in [2.75, 3.05) is 28.2 Å². The van der Waals surface area contributed by atoms with Crippen LogP contribution < -0.4 is 0 Å². The van der Waals surface area contributed by atoms with Crippen molar-refractivity contribution >= 4 is 11.8 Å². The highest BCUT2D eigenvalue weighted by Crippen LogP contribution is 2.20. The molecule has 0 fully saturated rings. The van der Waals surface area contributed by atoms with Gasteiger partial charge >= 0.3 is 0 Å². The Morgan fingerprint density at radius 1 is 1.06 bits per heavy atom. The Morgan fingerprint density at radius 2 is 1.56 bits per heavy atom. The molecule has 1 atom stereocenters. The second-order valence-corrected chi connectivity index (χ2v) is 4.52. The van der Waals surface area contributed by atoms with Gasteiger partial charge in [0.05, 0.1) is 5.92 Å². The van der Waals surface area contributed by atoms with E-state index in [4.69, 9.17) is 0 Å². The lowest BCUT2D eigenvalue weighted by Crippen LogP contribution is -2.33. The number of carbonyl (C=O) groups excluding carboxylic acids is 2. The van der Waals surface area contributed by atoms with Gasteiger partial charge in [0.25, 0.3) is 0 Å². The molecule has 4 heteroatoms. The van der Waals surface area contributed by atoms with E-state index in [1.165, 1.54) is 0 Å². The Balaban J connectivity index is 4.44. The molecule has 0 aliphatic heterocycles. The van der Waals surface area contributed by atoms with E-state index in [1.807, 2.05) is 6.92 Å². The highest BCUT2D eigenvalue weighted by Gasteiger charge is 2.25. The van der Waals surface area contributed by atoms with Crippen LogP contribution in [0.25, 0.3) is 0 Å². The summed E-state index contributed by atoms with van der Waals surface area (Å²) in [7, 11) is 6.93. The lowest BCUT2D eigenvalue weighted by atomic mass is 9.92. The van der Waals surface area contributed by atoms with Crippen molar-refractivity contribution in [1.29, 1.82) is 0 Å². The third-order valence-corrected chi connectivity index (χ3v) is 2.61. The van der Waals surface area contributed by atoms with Gasteiger partial charge in [-0.1, -0.05) is 6.92 Å². The monoisotopic (exact) mass is 227 g/mol. The molecular weight excluding hydrogens is 204 g/mol. The first-order chi connectivity index (χ1) is 7.31. The van der Waals surface area contributed by atoms with Crippen LogP contribution in [-0.2, 0) is 9.59 Å². The SMILES string of the molecule is CCC(C[C](C)C(=O)N(C)C)C(=O)N(C)C. The second kappa shape index (κ2) is 6.51. The predicted octanol–water partition coefficient (Wildman–Crippen LogP) is 1.17. The van der Waals surface area contributed by atoms with E-state index in [0.717, 1.165) is 12.3 Å². The van der Waals surface area contributed by atoms with E-state index >= 15 is 0 Å². The Morgan fingerprint density at radius 3 is 1.88 bits per heavy atom. The molecule has 0 aromatic carbocycles. The normalized spacial score (nSPS) is 12.4. The van der Waals surface area contributed by atoms with Gasteiger partial charge in [-0.25, -0.2) is 0 Å². The molecule has 16 heavy (non-hydrogen) atoms. The average molecular weight is 227 g/mol. The van der Waals surface area contributed by atoms with Crippen molar-refractivity contribution in [2.45, 2.75) is 26.7 Å². The van der Waals surface area contributed by atoms with E-state index in [2.05, 4.69) is 0 Å². The molecular formula is C12H23N2O2. The molecule has 0 aromatic rings. The number of hydrogen-bond donors (Lipinski definition) is 0. The van der Waals surface area contributed by atoms with Crippen LogP contribution in [0, 0.1) is 11.8 Å². The minimum absolute atomic E-state index is 0.00464. The number of carbonyl (C=O) groups is 2. The maximum atomic E-state index is 11.8. The van der Waals surface area contributed by atoms with Crippen LogP contribution in [0.4, 0.5) is 0 Å². The van der Waals surface area contributed by atoms with Crippen LogP contribution in [0.15, 0.2) is 0 Å². The molecule has 0 spiro atoms. The Hall–Kier alpha value is -1.06. The fraction of sp³-hybridized carbons (Fsp3) is 0.750. The highest BCUT2D eigenvalue weighted by atomic mass is 16.2. The molecule has 1 unspecified atom stereocenters. The predicted molar refractivity (Wildman–Crippen MR) is 64.7 cm³/mol. The molecule has 0 bridgehead atoms. The first kappa shape index (κ1) is 14.9. The topological polar surface area (TPSA) is 40.6 Å². The molecule has 2 amide bonds. The van der Waals surface area contributed by atoms with E-state index in [9.17, 15) is 9.59 Å². The number of amides is 2. The van der Waals surface area contributed by atoms with Gasteiger partial charge in [-0.15, -0.1) is 0 Å². The van der Waals surface area contributed by atoms with Crippen LogP contribution >= 0.6 is 0 Å². The largest absolute Gasteiger partial charge is 0.349 e. The standard InChI is InChI=1S/C12H23N2O2/c1-7-10(12(16)14(5)6)8-9(2)11(15)13(3)4/h10H,7-8H2,1-6H3. The summed E-state index contributed by atoms with van der Waals surface area (Å²) in [4.78, 5) is 26.6. The molecule has 1 radical (unpaired) electrons. The van der Waals surface area contributed by atoms with Gasteiger partial charge in [-0.2, -0.15) is 0 Å². The summed E-state index contributed by atoms with van der Waals surface area (Å²) in [6.07, 6.45) is 1.31. The molecule has 0 aliphatic rings. The molecule has 0 aliphatic carbocycles. The summed E-state index contributed by atoms with van der Waals surface area (Å²) in [5.41, 5.74) is 0. The van der Waals surface area contributed by atoms with Gasteiger partial charge in [0.15, 0.2) is 0 Å². The lowest BCUT2D eigenvalue weighted by molar-refractivity contribution is -0.133. The summed E-state index contributed by atoms with van der Waals surface area (Å²) >= 11 is 0. The quantitative estimate of drug-likeness (QED) is 0.707. The zero-order valence-electron chi connectivity index (χ0n) is 11.2. The minimum Gasteiger partial charge on any atom is -0.349 e. The van der Waals surface area contributed by atoms with Crippen LogP contribution in [0.1, 0.15) is 26.7 Å². The maximum Gasteiger partial charge on any atom is 0.229 e. The second-order valence-electron chi connectivity index (χ2n) is 4.52. The van der Waals surface area contributed by atoms with Crippen LogP contribution in [0.5, 0.6) is 0 Å². The number of hydrogen-bond acceptors (Lipinski definition) is 2. The van der Waals surface area contributed by atoms with Crippen LogP contribution in [0.3, 0.4) is 0 Å². The van der Waals surface area contributed by atoms with Crippen molar-refractivity contribution in [3.8, 4) is 0 Å². The van der Waals surface area contributed by atoms with Crippen molar-refractivity contribution in [2.24, 2.45) is 5.92 Å². The molecule has 0 aromatic heterocycles. The summed E-state index contributed by atoms with van der Waals surface area (Å²) in [5.74, 6) is 0.754. The molecule has 4 nitrogen and oxygen atoms in total. The lowest BCUT2D eigenvalue weighted by Gasteiger charge is -2.23. The van der Waals surface area contributed by atoms with Gasteiger partial charge in [0.1, 0.15) is 0 Å². The average Bonchev–Trinajstić information content (AvgIpc) is 2.22. The van der Waals surface area contributed by atoms with E-state index in [0.29, 0.717) is 6.42 Å². The summed E-state index contributed by atoms with van der Waals surface area (Å²) in [6.45, 7) is 3.77.